The molecule has 0 aromatic heterocycles. The molecule has 236 valence electrons. The summed E-state index contributed by atoms with van der Waals surface area (Å²) in [6.07, 6.45) is 19.9. The lowest BCUT2D eigenvalue weighted by molar-refractivity contribution is -0.140. The van der Waals surface area contributed by atoms with Gasteiger partial charge in [-0.25, -0.2) is 9.59 Å². The standard InChI is InChI=1S/C35H60O6/c1-27(2)34(36)40-24-12-9-8-11-23-39-32-19-16-30(17-20-32)14-15-31-18-21-33(28(3)26-31)29(4)35(37)41-25-13-7-6-10-22-38-5/h28,30-32H,1,6-26H2,2-5H3/b33-29+. The Labute approximate surface area is 251 Å². The highest BCUT2D eigenvalue weighted by Crippen LogP contribution is 2.39. The minimum Gasteiger partial charge on any atom is -0.462 e. The van der Waals surface area contributed by atoms with E-state index in [1.807, 2.05) is 6.92 Å². The molecule has 2 fully saturated rings. The van der Waals surface area contributed by atoms with Crippen molar-refractivity contribution in [1.29, 1.82) is 0 Å². The van der Waals surface area contributed by atoms with E-state index in [1.165, 1.54) is 56.9 Å². The number of hydrogen-bond donors (Lipinski definition) is 0. The fraction of sp³-hybridized carbons (Fsp3) is 0.829. The van der Waals surface area contributed by atoms with E-state index in [4.69, 9.17) is 18.9 Å². The highest BCUT2D eigenvalue weighted by atomic mass is 16.5. The first-order chi connectivity index (χ1) is 19.8. The molecule has 2 rings (SSSR count). The first-order valence-electron chi connectivity index (χ1n) is 16.6. The molecule has 0 spiro atoms. The van der Waals surface area contributed by atoms with Crippen molar-refractivity contribution in [3.63, 3.8) is 0 Å². The van der Waals surface area contributed by atoms with Crippen LogP contribution in [0.1, 0.15) is 130 Å². The number of methoxy groups -OCH3 is 1. The quantitative estimate of drug-likeness (QED) is 0.0822. The molecular weight excluding hydrogens is 516 g/mol. The van der Waals surface area contributed by atoms with E-state index < -0.39 is 0 Å². The summed E-state index contributed by atoms with van der Waals surface area (Å²) in [5.41, 5.74) is 2.65. The normalized spacial score (nSPS) is 24.1. The van der Waals surface area contributed by atoms with Crippen LogP contribution in [0.15, 0.2) is 23.3 Å². The molecule has 2 aliphatic carbocycles. The van der Waals surface area contributed by atoms with E-state index in [-0.39, 0.29) is 11.9 Å². The van der Waals surface area contributed by atoms with Crippen LogP contribution in [0, 0.1) is 17.8 Å². The molecule has 2 unspecified atom stereocenters. The lowest BCUT2D eigenvalue weighted by Gasteiger charge is -2.33. The van der Waals surface area contributed by atoms with Crippen LogP contribution in [0.2, 0.25) is 0 Å². The van der Waals surface area contributed by atoms with Crippen LogP contribution in [0.5, 0.6) is 0 Å². The SMILES string of the molecule is C=C(C)C(=O)OCCCCCCOC1CCC(CCC2CC/C(=C(/C)C(=O)OCCCCCCOC)C(C)C2)CC1. The van der Waals surface area contributed by atoms with Crippen molar-refractivity contribution < 1.29 is 28.5 Å². The van der Waals surface area contributed by atoms with Gasteiger partial charge in [-0.15, -0.1) is 0 Å². The van der Waals surface area contributed by atoms with Crippen LogP contribution in [-0.4, -0.2) is 51.6 Å². The zero-order chi connectivity index (χ0) is 29.9. The van der Waals surface area contributed by atoms with Crippen LogP contribution in [0.3, 0.4) is 0 Å². The fourth-order valence-corrected chi connectivity index (χ4v) is 6.45. The Morgan fingerprint density at radius 2 is 1.29 bits per heavy atom. The molecule has 41 heavy (non-hydrogen) atoms. The number of carbonyl (C=O) groups is 2. The molecular formula is C35H60O6. The summed E-state index contributed by atoms with van der Waals surface area (Å²) in [5.74, 6) is 1.70. The van der Waals surface area contributed by atoms with Gasteiger partial charge in [0.15, 0.2) is 0 Å². The first-order valence-corrected chi connectivity index (χ1v) is 16.6. The maximum Gasteiger partial charge on any atom is 0.333 e. The first kappa shape index (κ1) is 35.5. The summed E-state index contributed by atoms with van der Waals surface area (Å²) in [6, 6.07) is 0. The largest absolute Gasteiger partial charge is 0.462 e. The third-order valence-corrected chi connectivity index (χ3v) is 9.12. The number of allylic oxidation sites excluding steroid dienone is 1. The smallest absolute Gasteiger partial charge is 0.333 e. The Kier molecular flexibility index (Phi) is 18.3. The van der Waals surface area contributed by atoms with Gasteiger partial charge < -0.3 is 18.9 Å². The number of unbranched alkanes of at least 4 members (excludes halogenated alkanes) is 6. The summed E-state index contributed by atoms with van der Waals surface area (Å²) in [5, 5.41) is 0. The minimum atomic E-state index is -0.288. The van der Waals surface area contributed by atoms with Gasteiger partial charge in [-0.05, 0) is 115 Å². The molecule has 2 atom stereocenters. The van der Waals surface area contributed by atoms with Crippen molar-refractivity contribution in [3.05, 3.63) is 23.3 Å². The Hall–Kier alpha value is -1.66. The second-order valence-corrected chi connectivity index (χ2v) is 12.7. The van der Waals surface area contributed by atoms with Crippen molar-refractivity contribution in [2.24, 2.45) is 17.8 Å². The van der Waals surface area contributed by atoms with E-state index >= 15 is 0 Å². The van der Waals surface area contributed by atoms with Gasteiger partial charge >= 0.3 is 11.9 Å². The van der Waals surface area contributed by atoms with Crippen LogP contribution in [0.4, 0.5) is 0 Å². The van der Waals surface area contributed by atoms with Gasteiger partial charge in [0, 0.05) is 31.5 Å². The second-order valence-electron chi connectivity index (χ2n) is 12.7. The van der Waals surface area contributed by atoms with Crippen molar-refractivity contribution in [3.8, 4) is 0 Å². The molecule has 2 aliphatic rings. The van der Waals surface area contributed by atoms with Gasteiger partial charge in [0.25, 0.3) is 0 Å². The van der Waals surface area contributed by atoms with Crippen molar-refractivity contribution in [1.82, 2.24) is 0 Å². The number of rotatable bonds is 20. The molecule has 0 aliphatic heterocycles. The summed E-state index contributed by atoms with van der Waals surface area (Å²) < 4.78 is 22.0. The summed E-state index contributed by atoms with van der Waals surface area (Å²) >= 11 is 0. The van der Waals surface area contributed by atoms with Crippen molar-refractivity contribution >= 4 is 11.9 Å². The maximum absolute atomic E-state index is 12.6. The molecule has 0 heterocycles. The average molecular weight is 577 g/mol. The summed E-state index contributed by atoms with van der Waals surface area (Å²) in [7, 11) is 1.73. The average Bonchev–Trinajstić information content (AvgIpc) is 2.97. The van der Waals surface area contributed by atoms with Gasteiger partial charge in [0.2, 0.25) is 0 Å². The van der Waals surface area contributed by atoms with E-state index in [2.05, 4.69) is 13.5 Å². The second kappa shape index (κ2) is 21.1. The zero-order valence-corrected chi connectivity index (χ0v) is 26.8. The number of hydrogen-bond acceptors (Lipinski definition) is 6. The summed E-state index contributed by atoms with van der Waals surface area (Å²) in [4.78, 5) is 24.0. The molecule has 2 saturated carbocycles. The van der Waals surface area contributed by atoms with Gasteiger partial charge in [0.05, 0.1) is 19.3 Å². The molecule has 0 saturated heterocycles. The van der Waals surface area contributed by atoms with Crippen LogP contribution < -0.4 is 0 Å². The predicted octanol–water partition coefficient (Wildman–Crippen LogP) is 8.52. The molecule has 0 aromatic carbocycles. The van der Waals surface area contributed by atoms with Gasteiger partial charge in [-0.1, -0.05) is 44.8 Å². The maximum atomic E-state index is 12.6. The Bertz CT molecular complexity index is 794. The van der Waals surface area contributed by atoms with Crippen molar-refractivity contribution in [2.45, 2.75) is 136 Å². The Morgan fingerprint density at radius 1 is 0.732 bits per heavy atom. The zero-order valence-electron chi connectivity index (χ0n) is 26.8. The van der Waals surface area contributed by atoms with Crippen LogP contribution in [-0.2, 0) is 28.5 Å². The van der Waals surface area contributed by atoms with Crippen molar-refractivity contribution in [2.75, 3.05) is 33.5 Å². The van der Waals surface area contributed by atoms with Gasteiger partial charge in [-0.3, -0.25) is 0 Å². The number of esters is 2. The Morgan fingerprint density at radius 3 is 1.88 bits per heavy atom. The molecule has 0 radical (unpaired) electrons. The van der Waals surface area contributed by atoms with E-state index in [1.54, 1.807) is 14.0 Å². The Balaban J connectivity index is 1.52. The van der Waals surface area contributed by atoms with Crippen LogP contribution in [0.25, 0.3) is 0 Å². The molecule has 0 bridgehead atoms. The fourth-order valence-electron chi connectivity index (χ4n) is 6.45. The lowest BCUT2D eigenvalue weighted by atomic mass is 9.74. The van der Waals surface area contributed by atoms with Gasteiger partial charge in [0.1, 0.15) is 0 Å². The van der Waals surface area contributed by atoms with E-state index in [9.17, 15) is 9.59 Å². The van der Waals surface area contributed by atoms with Crippen LogP contribution >= 0.6 is 0 Å². The highest BCUT2D eigenvalue weighted by molar-refractivity contribution is 5.88. The monoisotopic (exact) mass is 576 g/mol. The molecule has 0 amide bonds. The topological polar surface area (TPSA) is 71.1 Å². The van der Waals surface area contributed by atoms with E-state index in [0.29, 0.717) is 30.8 Å². The lowest BCUT2D eigenvalue weighted by Crippen LogP contribution is -2.23. The molecule has 6 nitrogen and oxygen atoms in total. The summed E-state index contributed by atoms with van der Waals surface area (Å²) in [6.45, 7) is 12.2. The van der Waals surface area contributed by atoms with E-state index in [0.717, 1.165) is 88.4 Å². The number of carbonyl (C=O) groups excluding carboxylic acids is 2. The molecule has 0 N–H and O–H groups in total. The van der Waals surface area contributed by atoms with Gasteiger partial charge in [-0.2, -0.15) is 0 Å². The molecule has 0 aromatic rings. The predicted molar refractivity (Wildman–Crippen MR) is 166 cm³/mol. The minimum absolute atomic E-state index is 0.109. The third kappa shape index (κ3) is 14.9. The highest BCUT2D eigenvalue weighted by Gasteiger charge is 2.28. The third-order valence-electron chi connectivity index (χ3n) is 9.12. The number of ether oxygens (including phenoxy) is 4. The molecule has 6 heteroatoms.